The molecule has 0 amide bonds. The quantitative estimate of drug-likeness (QED) is 0.668. The second kappa shape index (κ2) is 8.43. The first-order valence-electron chi connectivity index (χ1n) is 7.99. The van der Waals surface area contributed by atoms with Gasteiger partial charge in [-0.15, -0.1) is 11.3 Å². The lowest BCUT2D eigenvalue weighted by Crippen LogP contribution is -2.20. The van der Waals surface area contributed by atoms with Crippen molar-refractivity contribution < 1.29 is 14.3 Å². The van der Waals surface area contributed by atoms with Crippen molar-refractivity contribution in [1.82, 2.24) is 14.8 Å². The molecule has 0 saturated heterocycles. The topological polar surface area (TPSA) is 97.9 Å². The number of aryl methyl sites for hydroxylation is 2. The Morgan fingerprint density at radius 1 is 1.42 bits per heavy atom. The number of esters is 1. The number of carbonyl (C=O) groups is 2. The van der Waals surface area contributed by atoms with Crippen LogP contribution in [-0.2, 0) is 16.1 Å². The van der Waals surface area contributed by atoms with E-state index in [-0.39, 0.29) is 10.7 Å². The molecule has 2 rings (SSSR count). The predicted molar refractivity (Wildman–Crippen MR) is 97.3 cm³/mol. The zero-order chi connectivity index (χ0) is 19.4. The monoisotopic (exact) mass is 394 g/mol. The average molecular weight is 395 g/mol. The maximum absolute atomic E-state index is 12.3. The minimum Gasteiger partial charge on any atom is -0.454 e. The van der Waals surface area contributed by atoms with Crippen molar-refractivity contribution in [3.63, 3.8) is 0 Å². The number of ketones is 1. The number of nitriles is 1. The summed E-state index contributed by atoms with van der Waals surface area (Å²) in [6.45, 7) is 7.47. The van der Waals surface area contributed by atoms with Gasteiger partial charge in [-0.25, -0.2) is 9.78 Å². The summed E-state index contributed by atoms with van der Waals surface area (Å²) < 4.78 is 6.62. The van der Waals surface area contributed by atoms with Crippen LogP contribution in [-0.4, -0.2) is 33.1 Å². The third-order valence-electron chi connectivity index (χ3n) is 3.49. The van der Waals surface area contributed by atoms with Crippen molar-refractivity contribution in [2.24, 2.45) is 5.92 Å². The molecule has 2 heterocycles. The highest BCUT2D eigenvalue weighted by atomic mass is 35.5. The Morgan fingerprint density at radius 2 is 2.12 bits per heavy atom. The summed E-state index contributed by atoms with van der Waals surface area (Å²) in [7, 11) is 0. The highest BCUT2D eigenvalue weighted by Gasteiger charge is 2.27. The zero-order valence-electron chi connectivity index (χ0n) is 14.9. The number of Topliss-reactive ketones (excluding diaryl/α,β-unsaturated/α-hetero) is 1. The smallest absolute Gasteiger partial charge is 0.343 e. The van der Waals surface area contributed by atoms with Crippen molar-refractivity contribution in [3.8, 4) is 6.07 Å². The van der Waals surface area contributed by atoms with Crippen LogP contribution in [0.5, 0.6) is 0 Å². The van der Waals surface area contributed by atoms with Crippen molar-refractivity contribution in [3.05, 3.63) is 32.5 Å². The summed E-state index contributed by atoms with van der Waals surface area (Å²) in [4.78, 5) is 28.7. The van der Waals surface area contributed by atoms with E-state index in [2.05, 4.69) is 10.1 Å². The minimum absolute atomic E-state index is 0.138. The van der Waals surface area contributed by atoms with Crippen LogP contribution in [0.1, 0.15) is 46.5 Å². The number of nitrogens with zero attached hydrogens (tertiary/aromatic N) is 4. The first-order valence-corrected chi connectivity index (χ1v) is 9.24. The molecule has 0 aliphatic heterocycles. The second-order valence-corrected chi connectivity index (χ2v) is 7.51. The van der Waals surface area contributed by atoms with Crippen molar-refractivity contribution in [2.45, 2.75) is 40.2 Å². The summed E-state index contributed by atoms with van der Waals surface area (Å²) in [5.41, 5.74) is 1.30. The summed E-state index contributed by atoms with van der Waals surface area (Å²) in [6.07, 6.45) is 0. The van der Waals surface area contributed by atoms with Crippen LogP contribution in [0.25, 0.3) is 0 Å². The summed E-state index contributed by atoms with van der Waals surface area (Å²) in [6, 6.07) is 1.91. The summed E-state index contributed by atoms with van der Waals surface area (Å²) in [5.74, 6) is -2.02. The van der Waals surface area contributed by atoms with Crippen molar-refractivity contribution in [1.29, 1.82) is 5.26 Å². The van der Waals surface area contributed by atoms with Crippen LogP contribution < -0.4 is 0 Å². The Balaban J connectivity index is 2.07. The van der Waals surface area contributed by atoms with E-state index in [9.17, 15) is 14.9 Å². The molecule has 0 aromatic carbocycles. The van der Waals surface area contributed by atoms with Crippen LogP contribution >= 0.6 is 22.9 Å². The zero-order valence-corrected chi connectivity index (χ0v) is 16.5. The number of carbonyl (C=O) groups excluding carboxylic acids is 2. The number of ether oxygens (including phenoxy) is 1. The molecule has 0 fully saturated rings. The van der Waals surface area contributed by atoms with E-state index >= 15 is 0 Å². The molecular formula is C17H19ClN4O3S. The van der Waals surface area contributed by atoms with E-state index in [1.54, 1.807) is 19.2 Å². The Hall–Kier alpha value is -2.24. The molecule has 0 aliphatic carbocycles. The summed E-state index contributed by atoms with van der Waals surface area (Å²) >= 11 is 7.45. The number of aromatic nitrogens is 3. The molecule has 7 nitrogen and oxygen atoms in total. The number of halogens is 1. The Bertz CT molecular complexity index is 866. The van der Waals surface area contributed by atoms with Crippen LogP contribution in [0, 0.1) is 31.1 Å². The molecule has 138 valence electrons. The third-order valence-corrected chi connectivity index (χ3v) is 4.90. The fourth-order valence-electron chi connectivity index (χ4n) is 2.31. The van der Waals surface area contributed by atoms with Gasteiger partial charge in [0.15, 0.2) is 18.3 Å². The van der Waals surface area contributed by atoms with Crippen LogP contribution in [0.4, 0.5) is 0 Å². The van der Waals surface area contributed by atoms with Crippen LogP contribution in [0.15, 0.2) is 5.38 Å². The highest BCUT2D eigenvalue weighted by molar-refractivity contribution is 7.09. The van der Waals surface area contributed by atoms with Gasteiger partial charge in [0, 0.05) is 17.6 Å². The molecule has 9 heteroatoms. The fourth-order valence-corrected chi connectivity index (χ4v) is 3.50. The fraction of sp³-hybridized carbons (Fsp3) is 0.471. The van der Waals surface area contributed by atoms with Gasteiger partial charge in [-0.1, -0.05) is 25.4 Å². The molecule has 0 spiro atoms. The van der Waals surface area contributed by atoms with Gasteiger partial charge in [-0.05, 0) is 19.8 Å². The molecule has 0 unspecified atom stereocenters. The Kier molecular flexibility index (Phi) is 6.51. The van der Waals surface area contributed by atoms with E-state index < -0.39 is 24.3 Å². The number of hydrogen-bond donors (Lipinski definition) is 0. The van der Waals surface area contributed by atoms with Crippen molar-refractivity contribution in [2.75, 3.05) is 6.61 Å². The van der Waals surface area contributed by atoms with E-state index in [0.717, 1.165) is 5.69 Å². The van der Waals surface area contributed by atoms with Crippen LogP contribution in [0.3, 0.4) is 0 Å². The van der Waals surface area contributed by atoms with E-state index in [1.807, 2.05) is 19.9 Å². The SMILES string of the molecule is Cc1csc([C@@H](C#N)C(=O)COC(=O)c2c(C)nn(CC(C)C)c2Cl)n1. The molecule has 0 saturated carbocycles. The van der Waals surface area contributed by atoms with Gasteiger partial charge in [-0.3, -0.25) is 9.48 Å². The molecule has 26 heavy (non-hydrogen) atoms. The Morgan fingerprint density at radius 3 is 2.65 bits per heavy atom. The first-order chi connectivity index (χ1) is 12.2. The number of thiazole rings is 1. The second-order valence-electron chi connectivity index (χ2n) is 6.26. The lowest BCUT2D eigenvalue weighted by Gasteiger charge is -2.08. The van der Waals surface area contributed by atoms with Gasteiger partial charge in [0.1, 0.15) is 15.7 Å². The molecule has 2 aromatic heterocycles. The van der Waals surface area contributed by atoms with Gasteiger partial charge in [0.25, 0.3) is 0 Å². The van der Waals surface area contributed by atoms with Gasteiger partial charge in [0.05, 0.1) is 11.8 Å². The average Bonchev–Trinajstić information content (AvgIpc) is 3.09. The van der Waals surface area contributed by atoms with Gasteiger partial charge in [-0.2, -0.15) is 10.4 Å². The van der Waals surface area contributed by atoms with Gasteiger partial charge >= 0.3 is 5.97 Å². The molecule has 1 atom stereocenters. The largest absolute Gasteiger partial charge is 0.454 e. The summed E-state index contributed by atoms with van der Waals surface area (Å²) in [5, 5.41) is 15.8. The van der Waals surface area contributed by atoms with E-state index in [0.29, 0.717) is 23.2 Å². The maximum atomic E-state index is 12.3. The number of rotatable bonds is 7. The molecule has 0 radical (unpaired) electrons. The lowest BCUT2D eigenvalue weighted by molar-refractivity contribution is -0.122. The Labute approximate surface area is 160 Å². The molecule has 0 aliphatic rings. The standard InChI is InChI=1S/C17H19ClN4O3S/c1-9(2)6-22-15(18)14(11(4)21-22)17(24)25-7-13(23)12(5-19)16-20-10(3)8-26-16/h8-9,12H,6-7H2,1-4H3/t12-/m0/s1. The maximum Gasteiger partial charge on any atom is 0.343 e. The minimum atomic E-state index is -1.05. The lowest BCUT2D eigenvalue weighted by atomic mass is 10.1. The third kappa shape index (κ3) is 4.48. The van der Waals surface area contributed by atoms with E-state index in [4.69, 9.17) is 16.3 Å². The van der Waals surface area contributed by atoms with Crippen molar-refractivity contribution >= 4 is 34.7 Å². The first kappa shape index (κ1) is 20.1. The normalized spacial score (nSPS) is 12.0. The van der Waals surface area contributed by atoms with E-state index in [1.165, 1.54) is 16.0 Å². The molecule has 0 bridgehead atoms. The molecule has 2 aromatic rings. The highest BCUT2D eigenvalue weighted by Crippen LogP contribution is 2.23. The van der Waals surface area contributed by atoms with Gasteiger partial charge in [0.2, 0.25) is 0 Å². The number of hydrogen-bond acceptors (Lipinski definition) is 7. The van der Waals surface area contributed by atoms with Crippen LogP contribution in [0.2, 0.25) is 5.15 Å². The predicted octanol–water partition coefficient (Wildman–Crippen LogP) is 3.30. The molecular weight excluding hydrogens is 376 g/mol. The molecule has 0 N–H and O–H groups in total. The van der Waals surface area contributed by atoms with Gasteiger partial charge < -0.3 is 4.74 Å².